The van der Waals surface area contributed by atoms with Gasteiger partial charge in [-0.3, -0.25) is 0 Å². The van der Waals surface area contributed by atoms with E-state index in [9.17, 15) is 19.2 Å². The fourth-order valence-electron chi connectivity index (χ4n) is 8.29. The summed E-state index contributed by atoms with van der Waals surface area (Å²) < 4.78 is 47.2. The quantitative estimate of drug-likeness (QED) is 0.0204. The van der Waals surface area contributed by atoms with E-state index in [1.165, 1.54) is 0 Å². The maximum absolute atomic E-state index is 13.7. The predicted octanol–water partition coefficient (Wildman–Crippen LogP) is 16.2. The Hall–Kier alpha value is -5.52. The number of ether oxygens (including phenoxy) is 8. The van der Waals surface area contributed by atoms with Gasteiger partial charge in [-0.2, -0.15) is 0 Å². The van der Waals surface area contributed by atoms with Gasteiger partial charge in [-0.25, -0.2) is 19.2 Å². The molecule has 0 amide bonds. The molecule has 0 heterocycles. The van der Waals surface area contributed by atoms with Crippen LogP contribution in [-0.2, 0) is 18.9 Å². The van der Waals surface area contributed by atoms with Crippen LogP contribution < -0.4 is 18.9 Å². The summed E-state index contributed by atoms with van der Waals surface area (Å²) in [6.45, 7) is 13.0. The molecule has 12 nitrogen and oxygen atoms in total. The van der Waals surface area contributed by atoms with Crippen molar-refractivity contribution in [3.05, 3.63) is 47.5 Å². The molecule has 12 heteroatoms. The Bertz CT molecular complexity index is 2070. The summed E-state index contributed by atoms with van der Waals surface area (Å²) in [5.74, 6) is 0.346. The van der Waals surface area contributed by atoms with Crippen molar-refractivity contribution >= 4 is 46.2 Å². The molecule has 0 atom stereocenters. The van der Waals surface area contributed by atoms with Gasteiger partial charge in [0.15, 0.2) is 23.0 Å². The van der Waals surface area contributed by atoms with Gasteiger partial charge in [-0.05, 0) is 51.7 Å². The van der Waals surface area contributed by atoms with Gasteiger partial charge in [0.2, 0.25) is 0 Å². The van der Waals surface area contributed by atoms with Crippen molar-refractivity contribution in [3.8, 4) is 45.3 Å². The Morgan fingerprint density at radius 3 is 0.833 bits per heavy atom. The molecule has 360 valence electrons. The van der Waals surface area contributed by atoms with Crippen molar-refractivity contribution in [3.63, 3.8) is 0 Å². The lowest BCUT2D eigenvalue weighted by atomic mass is 9.74. The van der Waals surface area contributed by atoms with Crippen LogP contribution in [0.2, 0.25) is 0 Å². The number of aryl methyl sites for hydroxylation is 2. The summed E-state index contributed by atoms with van der Waals surface area (Å²) in [7, 11) is 0. The molecule has 4 aromatic carbocycles. The van der Waals surface area contributed by atoms with Crippen molar-refractivity contribution in [1.82, 2.24) is 0 Å². The second kappa shape index (κ2) is 27.2. The topological polar surface area (TPSA) is 142 Å². The zero-order chi connectivity index (χ0) is 47.3. The normalized spacial score (nSPS) is 11.4. The first-order valence-electron chi connectivity index (χ1n) is 24.7. The number of carbonyl (C=O) groups excluding carboxylic acids is 4. The third-order valence-electron chi connectivity index (χ3n) is 11.8. The molecule has 0 N–H and O–H groups in total. The lowest BCUT2D eigenvalue weighted by molar-refractivity contribution is 0.0951. The van der Waals surface area contributed by atoms with Crippen LogP contribution >= 0.6 is 0 Å². The standard InChI is InChI=1S/C54H72O12/c1-7-11-15-19-23-31-59-51(55)63-47-39-29-27-37(5)35-41(39)49(65-53(57)61-33-25-21-17-13-9-3)45-43(47)46-44(45)48(64-52(56)60-32-24-20-16-12-8-2)40-30-28-38(6)36-42(40)50(46)66-54(58)62-34-26-22-18-14-10-4/h27-30,35-36H,7-26,31-34H2,1-6H3. The SMILES string of the molecule is CCCCCCCOC(=O)Oc1c2c(c(OC(=O)OCCCCCCC)c3cc(C)ccc13)-c1c-2c(OC(=O)OCCCCCCC)c2cc(C)ccc2c1OC(=O)OCCCCCCC. The number of carbonyl (C=O) groups is 4. The molecule has 5 rings (SSSR count). The molecule has 0 aromatic heterocycles. The molecule has 1 aliphatic carbocycles. The van der Waals surface area contributed by atoms with E-state index in [-0.39, 0.29) is 71.7 Å². The third-order valence-corrected chi connectivity index (χ3v) is 11.8. The van der Waals surface area contributed by atoms with E-state index in [0.29, 0.717) is 47.2 Å². The number of benzene rings is 4. The molecular formula is C54H72O12. The predicted molar refractivity (Wildman–Crippen MR) is 258 cm³/mol. The molecule has 0 saturated heterocycles. The molecule has 4 aromatic rings. The number of unbranched alkanes of at least 4 members (excludes halogenated alkanes) is 16. The monoisotopic (exact) mass is 913 g/mol. The number of fused-ring (bicyclic) bond motifs is 6. The summed E-state index contributed by atoms with van der Waals surface area (Å²) in [4.78, 5) is 54.7. The van der Waals surface area contributed by atoms with Crippen molar-refractivity contribution < 1.29 is 57.1 Å². The van der Waals surface area contributed by atoms with Crippen LogP contribution in [-0.4, -0.2) is 51.0 Å². The Labute approximate surface area is 391 Å². The largest absolute Gasteiger partial charge is 0.513 e. The third kappa shape index (κ3) is 14.2. The second-order valence-corrected chi connectivity index (χ2v) is 17.4. The fourth-order valence-corrected chi connectivity index (χ4v) is 8.29. The second-order valence-electron chi connectivity index (χ2n) is 17.4. The summed E-state index contributed by atoms with van der Waals surface area (Å²) in [6, 6.07) is 10.9. The van der Waals surface area contributed by atoms with E-state index in [1.807, 2.05) is 38.1 Å². The van der Waals surface area contributed by atoms with Gasteiger partial charge in [0.25, 0.3) is 0 Å². The van der Waals surface area contributed by atoms with Gasteiger partial charge in [-0.1, -0.05) is 166 Å². The lowest BCUT2D eigenvalue weighted by Gasteiger charge is -2.33. The van der Waals surface area contributed by atoms with Crippen LogP contribution in [0.25, 0.3) is 43.8 Å². The van der Waals surface area contributed by atoms with Crippen molar-refractivity contribution in [2.45, 2.75) is 170 Å². The highest BCUT2D eigenvalue weighted by Gasteiger charge is 2.43. The number of rotatable bonds is 28. The molecule has 0 bridgehead atoms. The van der Waals surface area contributed by atoms with E-state index in [1.54, 1.807) is 12.1 Å². The zero-order valence-electron chi connectivity index (χ0n) is 40.3. The highest BCUT2D eigenvalue weighted by Crippen LogP contribution is 2.67. The summed E-state index contributed by atoms with van der Waals surface area (Å²) in [5.41, 5.74) is 2.78. The van der Waals surface area contributed by atoms with Gasteiger partial charge in [-0.15, -0.1) is 0 Å². The van der Waals surface area contributed by atoms with Crippen LogP contribution in [0, 0.1) is 13.8 Å². The Balaban J connectivity index is 1.67. The molecule has 0 aliphatic heterocycles. The maximum atomic E-state index is 13.7. The smallest absolute Gasteiger partial charge is 0.434 e. The molecule has 0 spiro atoms. The van der Waals surface area contributed by atoms with Crippen LogP contribution in [0.15, 0.2) is 36.4 Å². The Morgan fingerprint density at radius 2 is 0.576 bits per heavy atom. The van der Waals surface area contributed by atoms with Crippen LogP contribution in [0.1, 0.15) is 167 Å². The van der Waals surface area contributed by atoms with Crippen molar-refractivity contribution in [2.24, 2.45) is 0 Å². The van der Waals surface area contributed by atoms with Crippen molar-refractivity contribution in [1.29, 1.82) is 0 Å². The lowest BCUT2D eigenvalue weighted by Crippen LogP contribution is -2.20. The number of hydrogen-bond acceptors (Lipinski definition) is 12. The summed E-state index contributed by atoms with van der Waals surface area (Å²) in [6.07, 6.45) is 15.4. The average molecular weight is 913 g/mol. The molecule has 66 heavy (non-hydrogen) atoms. The van der Waals surface area contributed by atoms with Gasteiger partial charge in [0.1, 0.15) is 0 Å². The van der Waals surface area contributed by atoms with Crippen LogP contribution in [0.5, 0.6) is 23.0 Å². The van der Waals surface area contributed by atoms with Gasteiger partial charge in [0, 0.05) is 43.8 Å². The molecule has 1 aliphatic rings. The Morgan fingerprint density at radius 1 is 0.333 bits per heavy atom. The van der Waals surface area contributed by atoms with E-state index in [2.05, 4.69) is 27.7 Å². The molecule has 0 fully saturated rings. The van der Waals surface area contributed by atoms with E-state index < -0.39 is 24.6 Å². The maximum Gasteiger partial charge on any atom is 0.513 e. The first-order valence-corrected chi connectivity index (χ1v) is 24.7. The number of hydrogen-bond donors (Lipinski definition) is 0. The molecule has 0 radical (unpaired) electrons. The first-order chi connectivity index (χ1) is 32.1. The van der Waals surface area contributed by atoms with Gasteiger partial charge in [0.05, 0.1) is 26.4 Å². The van der Waals surface area contributed by atoms with E-state index in [4.69, 9.17) is 37.9 Å². The minimum Gasteiger partial charge on any atom is -0.434 e. The average Bonchev–Trinajstić information content (AvgIpc) is 3.28. The minimum atomic E-state index is -0.931. The van der Waals surface area contributed by atoms with Crippen LogP contribution in [0.3, 0.4) is 0 Å². The van der Waals surface area contributed by atoms with Crippen LogP contribution in [0.4, 0.5) is 19.2 Å². The van der Waals surface area contributed by atoms with Gasteiger partial charge < -0.3 is 37.9 Å². The minimum absolute atomic E-state index is 0.0851. The highest BCUT2D eigenvalue weighted by atomic mass is 16.7. The zero-order valence-corrected chi connectivity index (χ0v) is 40.3. The molecule has 0 saturated carbocycles. The fraction of sp³-hybridized carbons (Fsp3) is 0.556. The first kappa shape index (κ1) is 51.5. The molecular weight excluding hydrogens is 841 g/mol. The van der Waals surface area contributed by atoms with Crippen molar-refractivity contribution in [2.75, 3.05) is 26.4 Å². The van der Waals surface area contributed by atoms with Gasteiger partial charge >= 0.3 is 24.6 Å². The van der Waals surface area contributed by atoms with E-state index >= 15 is 0 Å². The molecule has 0 unspecified atom stereocenters. The highest BCUT2D eigenvalue weighted by molar-refractivity contribution is 6.25. The summed E-state index contributed by atoms with van der Waals surface area (Å²) in [5, 5.41) is 1.69. The van der Waals surface area contributed by atoms with E-state index in [0.717, 1.165) is 114 Å². The summed E-state index contributed by atoms with van der Waals surface area (Å²) >= 11 is 0. The Kier molecular flexibility index (Phi) is 21.2.